The van der Waals surface area contributed by atoms with Crippen LogP contribution in [-0.2, 0) is 9.47 Å². The molecule has 1 aromatic heterocycles. The van der Waals surface area contributed by atoms with E-state index in [4.69, 9.17) is 9.47 Å². The van der Waals surface area contributed by atoms with Gasteiger partial charge in [-0.2, -0.15) is 0 Å². The molecule has 1 aliphatic heterocycles. The lowest BCUT2D eigenvalue weighted by Gasteiger charge is -2.47. The number of ketones is 1. The molecule has 21 heavy (non-hydrogen) atoms. The second-order valence-corrected chi connectivity index (χ2v) is 6.71. The van der Waals surface area contributed by atoms with E-state index in [1.54, 1.807) is 19.2 Å². The number of rotatable bonds is 5. The van der Waals surface area contributed by atoms with Crippen molar-refractivity contribution in [2.75, 3.05) is 20.3 Å². The Morgan fingerprint density at radius 2 is 2.19 bits per heavy atom. The van der Waals surface area contributed by atoms with E-state index in [1.165, 1.54) is 18.3 Å². The van der Waals surface area contributed by atoms with Crippen LogP contribution in [0.3, 0.4) is 0 Å². The van der Waals surface area contributed by atoms with E-state index in [2.05, 4.69) is 5.32 Å². The molecule has 114 valence electrons. The van der Waals surface area contributed by atoms with Gasteiger partial charge in [-0.05, 0) is 25.5 Å². The SMILES string of the molecule is COC[C@@H]1[C@H](NC(=O)c2ccc(C(C)=O)s2)[C@@H]2CCO[C@H]12. The summed E-state index contributed by atoms with van der Waals surface area (Å²) >= 11 is 1.24. The van der Waals surface area contributed by atoms with Gasteiger partial charge in [0.1, 0.15) is 0 Å². The third-order valence-corrected chi connectivity index (χ3v) is 5.55. The molecule has 1 saturated heterocycles. The van der Waals surface area contributed by atoms with Crippen LogP contribution in [-0.4, -0.2) is 44.2 Å². The van der Waals surface area contributed by atoms with E-state index in [0.29, 0.717) is 22.3 Å². The molecule has 3 rings (SSSR count). The van der Waals surface area contributed by atoms with Crippen LogP contribution in [0.2, 0.25) is 0 Å². The molecule has 1 aliphatic carbocycles. The lowest BCUT2D eigenvalue weighted by atomic mass is 9.67. The monoisotopic (exact) mass is 309 g/mol. The molecule has 2 heterocycles. The number of carbonyl (C=O) groups is 2. The van der Waals surface area contributed by atoms with Crippen molar-refractivity contribution in [3.8, 4) is 0 Å². The fourth-order valence-corrected chi connectivity index (χ4v) is 4.11. The molecule has 1 saturated carbocycles. The van der Waals surface area contributed by atoms with Gasteiger partial charge in [0, 0.05) is 31.6 Å². The Morgan fingerprint density at radius 1 is 1.43 bits per heavy atom. The maximum absolute atomic E-state index is 12.3. The Labute approximate surface area is 127 Å². The average Bonchev–Trinajstić information content (AvgIpc) is 3.09. The van der Waals surface area contributed by atoms with E-state index in [9.17, 15) is 9.59 Å². The van der Waals surface area contributed by atoms with E-state index in [-0.39, 0.29) is 29.8 Å². The van der Waals surface area contributed by atoms with Crippen molar-refractivity contribution in [3.63, 3.8) is 0 Å². The van der Waals surface area contributed by atoms with Gasteiger partial charge in [-0.25, -0.2) is 0 Å². The Bertz CT molecular complexity index is 556. The highest BCUT2D eigenvalue weighted by molar-refractivity contribution is 7.15. The number of amides is 1. The molecule has 5 nitrogen and oxygen atoms in total. The van der Waals surface area contributed by atoms with E-state index in [1.807, 2.05) is 0 Å². The van der Waals surface area contributed by atoms with Crippen LogP contribution < -0.4 is 5.32 Å². The summed E-state index contributed by atoms with van der Waals surface area (Å²) in [7, 11) is 1.67. The number of Topliss-reactive ketones (excluding diaryl/α,β-unsaturated/α-hetero) is 1. The second-order valence-electron chi connectivity index (χ2n) is 5.63. The molecule has 0 radical (unpaired) electrons. The largest absolute Gasteiger partial charge is 0.384 e. The Balaban J connectivity index is 1.67. The molecule has 0 spiro atoms. The molecule has 0 unspecified atom stereocenters. The fraction of sp³-hybridized carbons (Fsp3) is 0.600. The molecule has 4 atom stereocenters. The molecule has 0 aromatic carbocycles. The first-order valence-corrected chi connectivity index (χ1v) is 7.95. The normalized spacial score (nSPS) is 30.6. The van der Waals surface area contributed by atoms with Crippen molar-refractivity contribution >= 4 is 23.0 Å². The van der Waals surface area contributed by atoms with Crippen molar-refractivity contribution < 1.29 is 19.1 Å². The van der Waals surface area contributed by atoms with Gasteiger partial charge < -0.3 is 14.8 Å². The van der Waals surface area contributed by atoms with Crippen molar-refractivity contribution in [1.29, 1.82) is 0 Å². The van der Waals surface area contributed by atoms with Crippen LogP contribution in [0.1, 0.15) is 32.7 Å². The van der Waals surface area contributed by atoms with Crippen molar-refractivity contribution in [2.24, 2.45) is 11.8 Å². The third kappa shape index (κ3) is 2.63. The minimum atomic E-state index is -0.107. The summed E-state index contributed by atoms with van der Waals surface area (Å²) in [4.78, 5) is 24.8. The average molecular weight is 309 g/mol. The highest BCUT2D eigenvalue weighted by Gasteiger charge is 2.54. The molecule has 2 aliphatic rings. The summed E-state index contributed by atoms with van der Waals surface area (Å²) in [6, 6.07) is 3.52. The molecule has 2 fully saturated rings. The Morgan fingerprint density at radius 3 is 2.86 bits per heavy atom. The zero-order chi connectivity index (χ0) is 15.0. The van der Waals surface area contributed by atoms with E-state index >= 15 is 0 Å². The predicted octanol–water partition coefficient (Wildman–Crippen LogP) is 1.73. The maximum Gasteiger partial charge on any atom is 0.261 e. The van der Waals surface area contributed by atoms with Gasteiger partial charge in [0.2, 0.25) is 0 Å². The fourth-order valence-electron chi connectivity index (χ4n) is 3.31. The van der Waals surface area contributed by atoms with Gasteiger partial charge in [0.25, 0.3) is 5.91 Å². The van der Waals surface area contributed by atoms with Gasteiger partial charge in [0.05, 0.1) is 22.5 Å². The summed E-state index contributed by atoms with van der Waals surface area (Å²) in [5, 5.41) is 3.09. The minimum absolute atomic E-state index is 0.00999. The van der Waals surface area contributed by atoms with Crippen LogP contribution in [0.4, 0.5) is 0 Å². The van der Waals surface area contributed by atoms with E-state index in [0.717, 1.165) is 13.0 Å². The molecule has 0 bridgehead atoms. The number of fused-ring (bicyclic) bond motifs is 1. The third-order valence-electron chi connectivity index (χ3n) is 4.36. The first-order valence-electron chi connectivity index (χ1n) is 7.14. The van der Waals surface area contributed by atoms with Crippen molar-refractivity contribution in [2.45, 2.75) is 25.5 Å². The quantitative estimate of drug-likeness (QED) is 0.841. The number of ether oxygens (including phenoxy) is 2. The first kappa shape index (κ1) is 14.7. The number of hydrogen-bond donors (Lipinski definition) is 1. The molecule has 1 amide bonds. The zero-order valence-electron chi connectivity index (χ0n) is 12.1. The summed E-state index contributed by atoms with van der Waals surface area (Å²) < 4.78 is 10.9. The topological polar surface area (TPSA) is 64.6 Å². The first-order chi connectivity index (χ1) is 10.1. The van der Waals surface area contributed by atoms with Crippen molar-refractivity contribution in [3.05, 3.63) is 21.9 Å². The van der Waals surface area contributed by atoms with Gasteiger partial charge >= 0.3 is 0 Å². The van der Waals surface area contributed by atoms with Crippen LogP contribution in [0.15, 0.2) is 12.1 Å². The van der Waals surface area contributed by atoms with Crippen LogP contribution in [0, 0.1) is 11.8 Å². The van der Waals surface area contributed by atoms with Crippen LogP contribution in [0.25, 0.3) is 0 Å². The summed E-state index contributed by atoms with van der Waals surface area (Å²) in [6.45, 7) is 2.86. The molecule has 1 aromatic rings. The zero-order valence-corrected chi connectivity index (χ0v) is 12.9. The van der Waals surface area contributed by atoms with Crippen molar-refractivity contribution in [1.82, 2.24) is 5.32 Å². The number of nitrogens with one attached hydrogen (secondary N) is 1. The standard InChI is InChI=1S/C15H19NO4S/c1-8(17)11-3-4-12(21-11)15(18)16-13-9-5-6-20-14(9)10(13)7-19-2/h3-4,9-10,13-14H,5-7H2,1-2H3,(H,16,18)/t9-,10+,13+,14-/m0/s1. The van der Waals surface area contributed by atoms with Crippen LogP contribution in [0.5, 0.6) is 0 Å². The minimum Gasteiger partial charge on any atom is -0.384 e. The number of thiophene rings is 1. The molecule has 1 N–H and O–H groups in total. The molecular weight excluding hydrogens is 290 g/mol. The maximum atomic E-state index is 12.3. The predicted molar refractivity (Wildman–Crippen MR) is 78.8 cm³/mol. The smallest absolute Gasteiger partial charge is 0.261 e. The lowest BCUT2D eigenvalue weighted by molar-refractivity contribution is -0.0809. The van der Waals surface area contributed by atoms with Gasteiger partial charge in [-0.15, -0.1) is 11.3 Å². The van der Waals surface area contributed by atoms with E-state index < -0.39 is 0 Å². The van der Waals surface area contributed by atoms with Gasteiger partial charge in [-0.1, -0.05) is 0 Å². The Kier molecular flexibility index (Phi) is 4.10. The lowest BCUT2D eigenvalue weighted by Crippen LogP contribution is -2.62. The Hall–Kier alpha value is -1.24. The molecular formula is C15H19NO4S. The summed E-state index contributed by atoms with van der Waals surface area (Å²) in [6.07, 6.45) is 1.20. The van der Waals surface area contributed by atoms with Gasteiger partial charge in [0.15, 0.2) is 5.78 Å². The highest BCUT2D eigenvalue weighted by Crippen LogP contribution is 2.43. The highest BCUT2D eigenvalue weighted by atomic mass is 32.1. The van der Waals surface area contributed by atoms with Gasteiger partial charge in [-0.3, -0.25) is 9.59 Å². The number of carbonyl (C=O) groups excluding carboxylic acids is 2. The number of hydrogen-bond acceptors (Lipinski definition) is 5. The summed E-state index contributed by atoms with van der Waals surface area (Å²) in [5.41, 5.74) is 0. The number of methoxy groups -OCH3 is 1. The molecule has 6 heteroatoms. The summed E-state index contributed by atoms with van der Waals surface area (Å²) in [5.74, 6) is 0.494. The van der Waals surface area contributed by atoms with Crippen LogP contribution >= 0.6 is 11.3 Å². The second kappa shape index (κ2) is 5.87.